The molecule has 1 amide bonds. The number of pyridine rings is 1. The van der Waals surface area contributed by atoms with Crippen LogP contribution in [-0.4, -0.2) is 47.4 Å². The number of nitrogens with zero attached hydrogens (tertiary/aromatic N) is 3. The van der Waals surface area contributed by atoms with E-state index in [0.717, 1.165) is 44.5 Å². The Hall–Kier alpha value is -1.42. The lowest BCUT2D eigenvalue weighted by molar-refractivity contribution is -0.137. The number of rotatable bonds is 5. The molecule has 2 heterocycles. The van der Waals surface area contributed by atoms with E-state index in [1.54, 1.807) is 6.20 Å². The minimum atomic E-state index is 0.164. The maximum Gasteiger partial charge on any atom is 0.227 e. The van der Waals surface area contributed by atoms with Gasteiger partial charge in [-0.3, -0.25) is 9.78 Å². The quantitative estimate of drug-likeness (QED) is 0.826. The topological polar surface area (TPSA) is 36.4 Å². The molecular weight excluding hydrogens is 250 g/mol. The molecule has 0 spiro atoms. The summed E-state index contributed by atoms with van der Waals surface area (Å²) in [5, 5.41) is 0. The largest absolute Gasteiger partial charge is 0.338 e. The zero-order chi connectivity index (χ0) is 14.4. The summed E-state index contributed by atoms with van der Waals surface area (Å²) in [5.74, 6) is 0.472. The van der Waals surface area contributed by atoms with Gasteiger partial charge in [-0.2, -0.15) is 0 Å². The lowest BCUT2D eigenvalue weighted by Crippen LogP contribution is -2.43. The highest BCUT2D eigenvalue weighted by molar-refractivity contribution is 5.79. The molecule has 1 aromatic rings. The molecule has 1 aliphatic rings. The van der Waals surface area contributed by atoms with Crippen molar-refractivity contribution in [2.24, 2.45) is 5.92 Å². The van der Waals surface area contributed by atoms with Gasteiger partial charge >= 0.3 is 0 Å². The summed E-state index contributed by atoms with van der Waals surface area (Å²) in [6.07, 6.45) is 6.76. The van der Waals surface area contributed by atoms with Gasteiger partial charge < -0.3 is 9.80 Å². The minimum Gasteiger partial charge on any atom is -0.338 e. The Balaban J connectivity index is 2.01. The summed E-state index contributed by atoms with van der Waals surface area (Å²) in [4.78, 5) is 21.1. The molecule has 1 fully saturated rings. The number of carbonyl (C=O) groups is 1. The van der Waals surface area contributed by atoms with Gasteiger partial charge in [0.2, 0.25) is 5.91 Å². The van der Waals surface area contributed by atoms with Gasteiger partial charge in [0.1, 0.15) is 0 Å². The molecule has 4 heteroatoms. The third-order valence-electron chi connectivity index (χ3n) is 3.88. The van der Waals surface area contributed by atoms with Crippen molar-refractivity contribution in [1.82, 2.24) is 14.8 Å². The first kappa shape index (κ1) is 15.0. The summed E-state index contributed by atoms with van der Waals surface area (Å²) < 4.78 is 0. The molecule has 1 aliphatic heterocycles. The molecule has 1 saturated heterocycles. The fraction of sp³-hybridized carbons (Fsp3) is 0.625. The highest BCUT2D eigenvalue weighted by atomic mass is 16.2. The summed E-state index contributed by atoms with van der Waals surface area (Å²) in [6, 6.07) is 3.97. The van der Waals surface area contributed by atoms with E-state index < -0.39 is 0 Å². The van der Waals surface area contributed by atoms with Crippen molar-refractivity contribution in [3.05, 3.63) is 30.1 Å². The summed E-state index contributed by atoms with van der Waals surface area (Å²) in [7, 11) is 2.10. The molecule has 0 unspecified atom stereocenters. The highest BCUT2D eigenvalue weighted by Gasteiger charge is 2.27. The number of amides is 1. The van der Waals surface area contributed by atoms with Crippen LogP contribution in [0, 0.1) is 5.92 Å². The fourth-order valence-electron chi connectivity index (χ4n) is 2.88. The van der Waals surface area contributed by atoms with Crippen LogP contribution < -0.4 is 0 Å². The molecule has 0 radical (unpaired) electrons. The van der Waals surface area contributed by atoms with E-state index in [0.29, 0.717) is 12.5 Å². The molecule has 0 aliphatic carbocycles. The SMILES string of the molecule is CCCN(Cc1cccnc1)C(=O)[C@@H]1CCCN(C)C1. The van der Waals surface area contributed by atoms with Gasteiger partial charge in [-0.05, 0) is 44.5 Å². The van der Waals surface area contributed by atoms with E-state index in [1.807, 2.05) is 23.2 Å². The van der Waals surface area contributed by atoms with Crippen molar-refractivity contribution in [3.63, 3.8) is 0 Å². The Morgan fingerprint density at radius 1 is 1.55 bits per heavy atom. The standard InChI is InChI=1S/C16H25N3O/c1-3-9-19(12-14-6-4-8-17-11-14)16(20)15-7-5-10-18(2)13-15/h4,6,8,11,15H,3,5,7,9-10,12-13H2,1-2H3/t15-/m1/s1. The molecule has 0 N–H and O–H groups in total. The lowest BCUT2D eigenvalue weighted by atomic mass is 9.96. The van der Waals surface area contributed by atoms with Gasteiger partial charge in [-0.15, -0.1) is 0 Å². The second kappa shape index (κ2) is 7.39. The van der Waals surface area contributed by atoms with Crippen molar-refractivity contribution in [3.8, 4) is 0 Å². The number of likely N-dealkylation sites (tertiary alicyclic amines) is 1. The van der Waals surface area contributed by atoms with E-state index in [-0.39, 0.29) is 5.92 Å². The molecule has 0 saturated carbocycles. The second-order valence-corrected chi connectivity index (χ2v) is 5.72. The van der Waals surface area contributed by atoms with Crippen LogP contribution in [0.1, 0.15) is 31.7 Å². The first-order chi connectivity index (χ1) is 9.70. The summed E-state index contributed by atoms with van der Waals surface area (Å²) in [5.41, 5.74) is 1.11. The fourth-order valence-corrected chi connectivity index (χ4v) is 2.88. The number of carbonyl (C=O) groups excluding carboxylic acids is 1. The van der Waals surface area contributed by atoms with E-state index in [9.17, 15) is 4.79 Å². The zero-order valence-corrected chi connectivity index (χ0v) is 12.6. The van der Waals surface area contributed by atoms with Crippen LogP contribution >= 0.6 is 0 Å². The van der Waals surface area contributed by atoms with Crippen molar-refractivity contribution in [1.29, 1.82) is 0 Å². The second-order valence-electron chi connectivity index (χ2n) is 5.72. The van der Waals surface area contributed by atoms with E-state index in [4.69, 9.17) is 0 Å². The van der Waals surface area contributed by atoms with Crippen LogP contribution in [0.25, 0.3) is 0 Å². The first-order valence-electron chi connectivity index (χ1n) is 7.57. The zero-order valence-electron chi connectivity index (χ0n) is 12.6. The van der Waals surface area contributed by atoms with Crippen molar-refractivity contribution in [2.75, 3.05) is 26.7 Å². The molecule has 0 bridgehead atoms. The van der Waals surface area contributed by atoms with Crippen molar-refractivity contribution in [2.45, 2.75) is 32.7 Å². The average Bonchev–Trinajstić information content (AvgIpc) is 2.47. The predicted octanol–water partition coefficient (Wildman–Crippen LogP) is 2.16. The number of piperidine rings is 1. The smallest absolute Gasteiger partial charge is 0.227 e. The molecule has 110 valence electrons. The first-order valence-corrected chi connectivity index (χ1v) is 7.57. The van der Waals surface area contributed by atoms with Gasteiger partial charge in [-0.25, -0.2) is 0 Å². The minimum absolute atomic E-state index is 0.164. The molecule has 4 nitrogen and oxygen atoms in total. The number of hydrogen-bond acceptors (Lipinski definition) is 3. The average molecular weight is 275 g/mol. The van der Waals surface area contributed by atoms with Crippen LogP contribution in [0.15, 0.2) is 24.5 Å². The van der Waals surface area contributed by atoms with Gasteiger partial charge in [-0.1, -0.05) is 13.0 Å². The van der Waals surface area contributed by atoms with E-state index >= 15 is 0 Å². The summed E-state index contributed by atoms with van der Waals surface area (Å²) >= 11 is 0. The van der Waals surface area contributed by atoms with Gasteiger partial charge in [0, 0.05) is 32.0 Å². The van der Waals surface area contributed by atoms with Crippen molar-refractivity contribution >= 4 is 5.91 Å². The van der Waals surface area contributed by atoms with Crippen molar-refractivity contribution < 1.29 is 4.79 Å². The molecular formula is C16H25N3O. The Morgan fingerprint density at radius 2 is 2.40 bits per heavy atom. The highest BCUT2D eigenvalue weighted by Crippen LogP contribution is 2.19. The van der Waals surface area contributed by atoms with Crippen LogP contribution in [0.3, 0.4) is 0 Å². The van der Waals surface area contributed by atoms with Crippen LogP contribution in [-0.2, 0) is 11.3 Å². The maximum atomic E-state index is 12.7. The number of aromatic nitrogens is 1. The monoisotopic (exact) mass is 275 g/mol. The molecule has 2 rings (SSSR count). The lowest BCUT2D eigenvalue weighted by Gasteiger charge is -2.33. The van der Waals surface area contributed by atoms with Crippen LogP contribution in [0.2, 0.25) is 0 Å². The Labute approximate surface area is 121 Å². The van der Waals surface area contributed by atoms with Crippen LogP contribution in [0.4, 0.5) is 0 Å². The predicted molar refractivity (Wildman–Crippen MR) is 80.2 cm³/mol. The molecule has 1 aromatic heterocycles. The van der Waals surface area contributed by atoms with Crippen LogP contribution in [0.5, 0.6) is 0 Å². The maximum absolute atomic E-state index is 12.7. The molecule has 0 aromatic carbocycles. The third kappa shape index (κ3) is 4.04. The molecule has 20 heavy (non-hydrogen) atoms. The normalized spacial score (nSPS) is 19.8. The summed E-state index contributed by atoms with van der Waals surface area (Å²) in [6.45, 7) is 5.64. The van der Waals surface area contributed by atoms with E-state index in [1.165, 1.54) is 0 Å². The Morgan fingerprint density at radius 3 is 3.05 bits per heavy atom. The van der Waals surface area contributed by atoms with Gasteiger partial charge in [0.05, 0.1) is 5.92 Å². The number of hydrogen-bond donors (Lipinski definition) is 0. The van der Waals surface area contributed by atoms with Gasteiger partial charge in [0.15, 0.2) is 0 Å². The van der Waals surface area contributed by atoms with Gasteiger partial charge in [0.25, 0.3) is 0 Å². The Kier molecular flexibility index (Phi) is 5.53. The molecule has 1 atom stereocenters. The van der Waals surface area contributed by atoms with E-state index in [2.05, 4.69) is 23.9 Å². The third-order valence-corrected chi connectivity index (χ3v) is 3.88. The Bertz CT molecular complexity index is 421.